The van der Waals surface area contributed by atoms with Crippen molar-refractivity contribution in [3.63, 3.8) is 0 Å². The van der Waals surface area contributed by atoms with Crippen LogP contribution in [0.15, 0.2) is 0 Å². The van der Waals surface area contributed by atoms with E-state index >= 15 is 0 Å². The zero-order valence-corrected chi connectivity index (χ0v) is 13.4. The highest BCUT2D eigenvalue weighted by molar-refractivity contribution is 7.99. The molecule has 2 fully saturated rings. The quantitative estimate of drug-likeness (QED) is 0.782. The average molecular weight is 283 g/mol. The van der Waals surface area contributed by atoms with Crippen LogP contribution in [0.4, 0.5) is 0 Å². The molecular weight excluding hydrogens is 254 g/mol. The lowest BCUT2D eigenvalue weighted by Gasteiger charge is -2.32. The van der Waals surface area contributed by atoms with Gasteiger partial charge in [0.25, 0.3) is 0 Å². The lowest BCUT2D eigenvalue weighted by Crippen LogP contribution is -2.40. The van der Waals surface area contributed by atoms with Gasteiger partial charge in [0.1, 0.15) is 0 Å². The largest absolute Gasteiger partial charge is 0.341 e. The Balaban J connectivity index is 1.92. The van der Waals surface area contributed by atoms with Crippen molar-refractivity contribution in [1.29, 1.82) is 0 Å². The van der Waals surface area contributed by atoms with Crippen LogP contribution < -0.4 is 0 Å². The van der Waals surface area contributed by atoms with Crippen LogP contribution in [0.5, 0.6) is 0 Å². The third kappa shape index (κ3) is 4.40. The maximum atomic E-state index is 12.7. The third-order valence-corrected chi connectivity index (χ3v) is 5.82. The molecule has 2 rings (SSSR count). The zero-order chi connectivity index (χ0) is 13.7. The number of rotatable bonds is 3. The summed E-state index contributed by atoms with van der Waals surface area (Å²) in [5.74, 6) is 2.72. The van der Waals surface area contributed by atoms with Crippen molar-refractivity contribution in [2.24, 2.45) is 11.8 Å². The minimum absolute atomic E-state index is 0.328. The van der Waals surface area contributed by atoms with Gasteiger partial charge in [-0.1, -0.05) is 33.1 Å². The Labute approximate surface area is 122 Å². The number of carbonyl (C=O) groups is 1. The normalized spacial score (nSPS) is 32.9. The number of carbonyl (C=O) groups excluding carboxylic acids is 1. The number of amides is 1. The fourth-order valence-corrected chi connectivity index (χ4v) is 4.68. The van der Waals surface area contributed by atoms with Crippen molar-refractivity contribution in [3.05, 3.63) is 0 Å². The first-order valence-corrected chi connectivity index (χ1v) is 9.16. The van der Waals surface area contributed by atoms with Gasteiger partial charge >= 0.3 is 0 Å². The summed E-state index contributed by atoms with van der Waals surface area (Å²) in [4.78, 5) is 14.9. The van der Waals surface area contributed by atoms with Gasteiger partial charge in [0.05, 0.1) is 0 Å². The molecule has 0 unspecified atom stereocenters. The predicted octanol–water partition coefficient (Wildman–Crippen LogP) is 3.95. The second-order valence-electron chi connectivity index (χ2n) is 6.33. The van der Waals surface area contributed by atoms with E-state index in [1.807, 2.05) is 11.8 Å². The fourth-order valence-electron chi connectivity index (χ4n) is 3.59. The van der Waals surface area contributed by atoms with Gasteiger partial charge in [-0.05, 0) is 37.4 Å². The highest BCUT2D eigenvalue weighted by Crippen LogP contribution is 2.31. The van der Waals surface area contributed by atoms with Crippen LogP contribution in [0.3, 0.4) is 0 Å². The van der Waals surface area contributed by atoms with Crippen molar-refractivity contribution >= 4 is 17.7 Å². The molecule has 19 heavy (non-hydrogen) atoms. The smallest absolute Gasteiger partial charge is 0.225 e. The molecule has 3 heteroatoms. The first kappa shape index (κ1) is 15.2. The maximum absolute atomic E-state index is 12.7. The predicted molar refractivity (Wildman–Crippen MR) is 83.5 cm³/mol. The van der Waals surface area contributed by atoms with Crippen molar-refractivity contribution in [2.45, 2.75) is 64.0 Å². The SMILES string of the molecule is CCS[C@@H]1CCCCN(C(=O)[C@@H]2CCC[C@@H](C)C2)C1. The van der Waals surface area contributed by atoms with Crippen molar-refractivity contribution in [3.8, 4) is 0 Å². The van der Waals surface area contributed by atoms with Crippen LogP contribution in [0, 0.1) is 11.8 Å². The van der Waals surface area contributed by atoms with Gasteiger partial charge in [0.15, 0.2) is 0 Å². The Hall–Kier alpha value is -0.180. The molecule has 0 aromatic rings. The molecule has 1 heterocycles. The van der Waals surface area contributed by atoms with Gasteiger partial charge in [0, 0.05) is 24.3 Å². The van der Waals surface area contributed by atoms with E-state index in [0.29, 0.717) is 17.1 Å². The third-order valence-electron chi connectivity index (χ3n) is 4.63. The Morgan fingerprint density at radius 2 is 2.05 bits per heavy atom. The molecule has 0 radical (unpaired) electrons. The van der Waals surface area contributed by atoms with E-state index in [1.165, 1.54) is 37.9 Å². The summed E-state index contributed by atoms with van der Waals surface area (Å²) in [6.07, 6.45) is 8.61. The molecule has 1 aliphatic carbocycles. The molecule has 0 spiro atoms. The molecule has 2 nitrogen and oxygen atoms in total. The maximum Gasteiger partial charge on any atom is 0.225 e. The minimum atomic E-state index is 0.328. The van der Waals surface area contributed by atoms with Gasteiger partial charge in [0.2, 0.25) is 5.91 Å². The van der Waals surface area contributed by atoms with E-state index in [1.54, 1.807) is 0 Å². The molecule has 1 saturated heterocycles. The molecule has 3 atom stereocenters. The van der Waals surface area contributed by atoms with E-state index in [4.69, 9.17) is 0 Å². The van der Waals surface area contributed by atoms with Gasteiger partial charge in [-0.25, -0.2) is 0 Å². The lowest BCUT2D eigenvalue weighted by atomic mass is 9.81. The van der Waals surface area contributed by atoms with Crippen LogP contribution in [0.1, 0.15) is 58.8 Å². The molecular formula is C16H29NOS. The molecule has 1 aliphatic heterocycles. The highest BCUT2D eigenvalue weighted by Gasteiger charge is 2.30. The molecule has 1 amide bonds. The Bertz CT molecular complexity index is 294. The Kier molecular flexibility index (Phi) is 6.06. The van der Waals surface area contributed by atoms with Crippen LogP contribution >= 0.6 is 11.8 Å². The summed E-state index contributed by atoms with van der Waals surface area (Å²) in [5, 5.41) is 0.678. The standard InChI is InChI=1S/C16H29NOS/c1-3-19-15-9-4-5-10-17(12-15)16(18)14-8-6-7-13(2)11-14/h13-15H,3-12H2,1-2H3/t13-,14-,15-/m1/s1. The number of nitrogens with zero attached hydrogens (tertiary/aromatic N) is 1. The summed E-state index contributed by atoms with van der Waals surface area (Å²) in [7, 11) is 0. The van der Waals surface area contributed by atoms with E-state index in [2.05, 4.69) is 18.7 Å². The topological polar surface area (TPSA) is 20.3 Å². The number of hydrogen-bond acceptors (Lipinski definition) is 2. The summed E-state index contributed by atoms with van der Waals surface area (Å²) in [5.41, 5.74) is 0. The summed E-state index contributed by atoms with van der Waals surface area (Å²) in [6.45, 7) is 6.54. The summed E-state index contributed by atoms with van der Waals surface area (Å²) < 4.78 is 0. The van der Waals surface area contributed by atoms with Crippen LogP contribution in [-0.2, 0) is 4.79 Å². The first-order chi connectivity index (χ1) is 9.20. The molecule has 0 bridgehead atoms. The Morgan fingerprint density at radius 3 is 2.79 bits per heavy atom. The molecule has 0 aromatic carbocycles. The molecule has 110 valence electrons. The second-order valence-corrected chi connectivity index (χ2v) is 7.90. The minimum Gasteiger partial charge on any atom is -0.341 e. The van der Waals surface area contributed by atoms with Gasteiger partial charge in [-0.3, -0.25) is 4.79 Å². The van der Waals surface area contributed by atoms with Crippen LogP contribution in [-0.4, -0.2) is 34.9 Å². The molecule has 2 aliphatic rings. The second kappa shape index (κ2) is 7.56. The average Bonchev–Trinajstić information content (AvgIpc) is 2.64. The van der Waals surface area contributed by atoms with Crippen LogP contribution in [0.2, 0.25) is 0 Å². The number of likely N-dealkylation sites (tertiary alicyclic amines) is 1. The van der Waals surface area contributed by atoms with Gasteiger partial charge < -0.3 is 4.90 Å². The number of thioether (sulfide) groups is 1. The molecule has 0 aromatic heterocycles. The van der Waals surface area contributed by atoms with Crippen molar-refractivity contribution in [1.82, 2.24) is 4.90 Å². The van der Waals surface area contributed by atoms with Crippen molar-refractivity contribution in [2.75, 3.05) is 18.8 Å². The fraction of sp³-hybridized carbons (Fsp3) is 0.938. The van der Waals surface area contributed by atoms with Gasteiger partial charge in [-0.2, -0.15) is 11.8 Å². The Morgan fingerprint density at radius 1 is 1.21 bits per heavy atom. The lowest BCUT2D eigenvalue weighted by molar-refractivity contribution is -0.136. The van der Waals surface area contributed by atoms with E-state index in [-0.39, 0.29) is 0 Å². The van der Waals surface area contributed by atoms with E-state index < -0.39 is 0 Å². The highest BCUT2D eigenvalue weighted by atomic mass is 32.2. The summed E-state index contributed by atoms with van der Waals surface area (Å²) in [6, 6.07) is 0. The summed E-state index contributed by atoms with van der Waals surface area (Å²) >= 11 is 2.04. The molecule has 0 N–H and O–H groups in total. The van der Waals surface area contributed by atoms with E-state index in [0.717, 1.165) is 31.8 Å². The van der Waals surface area contributed by atoms with E-state index in [9.17, 15) is 4.79 Å². The molecule has 1 saturated carbocycles. The van der Waals surface area contributed by atoms with Crippen molar-refractivity contribution < 1.29 is 4.79 Å². The van der Waals surface area contributed by atoms with Crippen LogP contribution in [0.25, 0.3) is 0 Å². The zero-order valence-electron chi connectivity index (χ0n) is 12.6. The van der Waals surface area contributed by atoms with Gasteiger partial charge in [-0.15, -0.1) is 0 Å². The first-order valence-electron chi connectivity index (χ1n) is 8.11. The number of hydrogen-bond donors (Lipinski definition) is 0. The monoisotopic (exact) mass is 283 g/mol.